The molecule has 2 aliphatic rings. The maximum atomic E-state index is 12.7. The number of hydrogen-bond donors (Lipinski definition) is 2. The highest BCUT2D eigenvalue weighted by Crippen LogP contribution is 2.28. The lowest BCUT2D eigenvalue weighted by molar-refractivity contribution is -0.140. The quantitative estimate of drug-likeness (QED) is 0.827. The van der Waals surface area contributed by atoms with Gasteiger partial charge in [-0.2, -0.15) is 4.31 Å². The van der Waals surface area contributed by atoms with Crippen molar-refractivity contribution in [1.29, 1.82) is 0 Å². The summed E-state index contributed by atoms with van der Waals surface area (Å²) in [5.74, 6) is -1.44. The van der Waals surface area contributed by atoms with E-state index in [-0.39, 0.29) is 17.3 Å². The average molecular weight is 324 g/mol. The van der Waals surface area contributed by atoms with Crippen molar-refractivity contribution < 1.29 is 23.1 Å². The molecule has 8 heteroatoms. The number of nitrogens with zero attached hydrogens (tertiary/aromatic N) is 1. The molecule has 3 rings (SSSR count). The summed E-state index contributed by atoms with van der Waals surface area (Å²) in [4.78, 5) is 23.0. The number of fused-ring (bicyclic) bond motifs is 1. The molecule has 7 nitrogen and oxygen atoms in total. The van der Waals surface area contributed by atoms with Crippen LogP contribution in [0.1, 0.15) is 28.8 Å². The Balaban J connectivity index is 2.01. The second-order valence-corrected chi connectivity index (χ2v) is 7.33. The van der Waals surface area contributed by atoms with Gasteiger partial charge in [0.2, 0.25) is 10.0 Å². The molecule has 0 saturated carbocycles. The summed E-state index contributed by atoms with van der Waals surface area (Å²) in [5.41, 5.74) is 1.15. The highest BCUT2D eigenvalue weighted by atomic mass is 32.2. The highest BCUT2D eigenvalue weighted by molar-refractivity contribution is 7.89. The molecule has 0 aliphatic carbocycles. The lowest BCUT2D eigenvalue weighted by atomic mass is 10.0. The number of nitrogens with one attached hydrogen (secondary N) is 1. The zero-order chi connectivity index (χ0) is 15.9. The second kappa shape index (κ2) is 5.36. The Kier molecular flexibility index (Phi) is 3.65. The van der Waals surface area contributed by atoms with Crippen molar-refractivity contribution in [3.8, 4) is 0 Å². The number of carbonyl (C=O) groups excluding carboxylic acids is 1. The Morgan fingerprint density at radius 1 is 1.36 bits per heavy atom. The fourth-order valence-electron chi connectivity index (χ4n) is 2.96. The van der Waals surface area contributed by atoms with Crippen molar-refractivity contribution in [2.45, 2.75) is 30.2 Å². The number of carboxylic acid groups (broad SMARTS) is 1. The third-order valence-electron chi connectivity index (χ3n) is 4.10. The molecule has 1 aromatic carbocycles. The van der Waals surface area contributed by atoms with Crippen LogP contribution in [0.3, 0.4) is 0 Å². The molecule has 0 spiro atoms. The molecule has 1 atom stereocenters. The summed E-state index contributed by atoms with van der Waals surface area (Å²) in [6.07, 6.45) is 1.48. The van der Waals surface area contributed by atoms with Gasteiger partial charge in [0.1, 0.15) is 6.04 Å². The van der Waals surface area contributed by atoms with Crippen LogP contribution >= 0.6 is 0 Å². The van der Waals surface area contributed by atoms with Gasteiger partial charge in [0.15, 0.2) is 0 Å². The Bertz CT molecular complexity index is 744. The Labute approximate surface area is 128 Å². The largest absolute Gasteiger partial charge is 0.480 e. The SMILES string of the molecule is O=C1NCCc2ccc(S(=O)(=O)N3CCC[C@H]3C(=O)O)cc21. The molecule has 2 N–H and O–H groups in total. The molecule has 1 fully saturated rings. The van der Waals surface area contributed by atoms with E-state index in [0.29, 0.717) is 31.4 Å². The molecule has 1 aromatic rings. The van der Waals surface area contributed by atoms with Gasteiger partial charge in [0.25, 0.3) is 5.91 Å². The highest BCUT2D eigenvalue weighted by Gasteiger charge is 2.39. The smallest absolute Gasteiger partial charge is 0.322 e. The van der Waals surface area contributed by atoms with Crippen LogP contribution in [0, 0.1) is 0 Å². The molecule has 2 heterocycles. The first-order chi connectivity index (χ1) is 10.4. The molecular weight excluding hydrogens is 308 g/mol. The molecule has 1 amide bonds. The van der Waals surface area contributed by atoms with Gasteiger partial charge in [0, 0.05) is 18.7 Å². The van der Waals surface area contributed by atoms with E-state index in [4.69, 9.17) is 5.11 Å². The first-order valence-electron chi connectivity index (χ1n) is 7.07. The summed E-state index contributed by atoms with van der Waals surface area (Å²) in [5, 5.41) is 11.8. The van der Waals surface area contributed by atoms with Crippen molar-refractivity contribution in [3.05, 3.63) is 29.3 Å². The maximum Gasteiger partial charge on any atom is 0.322 e. The van der Waals surface area contributed by atoms with Crippen molar-refractivity contribution in [2.24, 2.45) is 0 Å². The fraction of sp³-hybridized carbons (Fsp3) is 0.429. The topological polar surface area (TPSA) is 104 Å². The molecule has 0 radical (unpaired) electrons. The van der Waals surface area contributed by atoms with Gasteiger partial charge in [-0.1, -0.05) is 6.07 Å². The monoisotopic (exact) mass is 324 g/mol. The maximum absolute atomic E-state index is 12.7. The van der Waals surface area contributed by atoms with Gasteiger partial charge >= 0.3 is 5.97 Å². The van der Waals surface area contributed by atoms with Crippen molar-refractivity contribution in [3.63, 3.8) is 0 Å². The molecule has 0 unspecified atom stereocenters. The van der Waals surface area contributed by atoms with Crippen LogP contribution in [0.25, 0.3) is 0 Å². The minimum absolute atomic E-state index is 0.0311. The average Bonchev–Trinajstić information content (AvgIpc) is 2.98. The predicted octanol–water partition coefficient (Wildman–Crippen LogP) is 0.210. The second-order valence-electron chi connectivity index (χ2n) is 5.44. The van der Waals surface area contributed by atoms with Crippen LogP contribution in [0.2, 0.25) is 0 Å². The van der Waals surface area contributed by atoms with Crippen LogP contribution in [0.15, 0.2) is 23.1 Å². The van der Waals surface area contributed by atoms with Gasteiger partial charge in [-0.15, -0.1) is 0 Å². The molecule has 1 saturated heterocycles. The van der Waals surface area contributed by atoms with E-state index in [2.05, 4.69) is 5.32 Å². The number of benzene rings is 1. The summed E-state index contributed by atoms with van der Waals surface area (Å²) >= 11 is 0. The van der Waals surface area contributed by atoms with Gasteiger partial charge in [-0.3, -0.25) is 9.59 Å². The van der Waals surface area contributed by atoms with E-state index in [1.54, 1.807) is 6.07 Å². The molecular formula is C14H16N2O5S. The summed E-state index contributed by atoms with van der Waals surface area (Å²) in [7, 11) is -3.92. The molecule has 0 bridgehead atoms. The minimum Gasteiger partial charge on any atom is -0.480 e. The van der Waals surface area contributed by atoms with E-state index in [9.17, 15) is 18.0 Å². The van der Waals surface area contributed by atoms with Crippen LogP contribution in [0.5, 0.6) is 0 Å². The van der Waals surface area contributed by atoms with Gasteiger partial charge < -0.3 is 10.4 Å². The molecule has 22 heavy (non-hydrogen) atoms. The van der Waals surface area contributed by atoms with Gasteiger partial charge in [-0.25, -0.2) is 8.42 Å². The molecule has 118 valence electrons. The van der Waals surface area contributed by atoms with Crippen LogP contribution in [0.4, 0.5) is 0 Å². The Morgan fingerprint density at radius 3 is 2.86 bits per heavy atom. The third-order valence-corrected chi connectivity index (χ3v) is 6.01. The standard InChI is InChI=1S/C14H16N2O5S/c17-13-11-8-10(4-3-9(11)5-6-15-13)22(20,21)16-7-1-2-12(16)14(18)19/h3-4,8,12H,1-2,5-7H2,(H,15,17)(H,18,19)/t12-/m0/s1. The lowest BCUT2D eigenvalue weighted by Gasteiger charge is -2.22. The van der Waals surface area contributed by atoms with E-state index < -0.39 is 22.0 Å². The number of hydrogen-bond acceptors (Lipinski definition) is 4. The third kappa shape index (κ3) is 2.38. The van der Waals surface area contributed by atoms with Crippen LogP contribution in [-0.4, -0.2) is 48.8 Å². The number of sulfonamides is 1. The summed E-state index contributed by atoms with van der Waals surface area (Å²) < 4.78 is 26.4. The van der Waals surface area contributed by atoms with E-state index in [1.165, 1.54) is 12.1 Å². The summed E-state index contributed by atoms with van der Waals surface area (Å²) in [6, 6.07) is 3.39. The number of rotatable bonds is 3. The number of amides is 1. The first-order valence-corrected chi connectivity index (χ1v) is 8.51. The summed E-state index contributed by atoms with van der Waals surface area (Å²) in [6.45, 7) is 0.716. The van der Waals surface area contributed by atoms with Gasteiger partial charge in [0.05, 0.1) is 4.90 Å². The Morgan fingerprint density at radius 2 is 2.14 bits per heavy atom. The molecule has 2 aliphatic heterocycles. The number of carboxylic acids is 1. The van der Waals surface area contributed by atoms with E-state index in [1.807, 2.05) is 0 Å². The van der Waals surface area contributed by atoms with Crippen molar-refractivity contribution in [2.75, 3.05) is 13.1 Å². The molecule has 0 aromatic heterocycles. The number of carbonyl (C=O) groups is 2. The van der Waals surface area contributed by atoms with Crippen LogP contribution < -0.4 is 5.32 Å². The zero-order valence-corrected chi connectivity index (χ0v) is 12.6. The normalized spacial score (nSPS) is 22.2. The minimum atomic E-state index is -3.92. The first kappa shape index (κ1) is 15.0. The van der Waals surface area contributed by atoms with E-state index >= 15 is 0 Å². The Hall–Kier alpha value is -1.93. The van der Waals surface area contributed by atoms with Gasteiger partial charge in [-0.05, 0) is 37.0 Å². The zero-order valence-electron chi connectivity index (χ0n) is 11.8. The van der Waals surface area contributed by atoms with Crippen LogP contribution in [-0.2, 0) is 21.2 Å². The van der Waals surface area contributed by atoms with E-state index in [0.717, 1.165) is 9.87 Å². The van der Waals surface area contributed by atoms with Crippen molar-refractivity contribution in [1.82, 2.24) is 9.62 Å². The predicted molar refractivity (Wildman–Crippen MR) is 77.0 cm³/mol. The van der Waals surface area contributed by atoms with Crippen molar-refractivity contribution >= 4 is 21.9 Å². The fourth-order valence-corrected chi connectivity index (χ4v) is 4.64. The lowest BCUT2D eigenvalue weighted by Crippen LogP contribution is -2.40. The number of aliphatic carboxylic acids is 1.